The predicted molar refractivity (Wildman–Crippen MR) is 138 cm³/mol. The number of nitrogens with one attached hydrogen (secondary N) is 1. The number of benzene rings is 2. The fourth-order valence-electron chi connectivity index (χ4n) is 4.75. The minimum absolute atomic E-state index is 0.0750. The first-order valence-corrected chi connectivity index (χ1v) is 12.5. The lowest BCUT2D eigenvalue weighted by Crippen LogP contribution is -2.55. The summed E-state index contributed by atoms with van der Waals surface area (Å²) in [7, 11) is 0. The van der Waals surface area contributed by atoms with Gasteiger partial charge in [0.1, 0.15) is 18.0 Å². The first-order chi connectivity index (χ1) is 17.3. The largest absolute Gasteiger partial charge is 0.486 e. The summed E-state index contributed by atoms with van der Waals surface area (Å²) in [6.45, 7) is 3.65. The Kier molecular flexibility index (Phi) is 8.36. The number of nitrogens with zero attached hydrogens (tertiary/aromatic N) is 1. The van der Waals surface area contributed by atoms with E-state index in [9.17, 15) is 19.8 Å². The van der Waals surface area contributed by atoms with Crippen molar-refractivity contribution in [1.82, 2.24) is 10.2 Å². The molecule has 0 unspecified atom stereocenters. The summed E-state index contributed by atoms with van der Waals surface area (Å²) in [6, 6.07) is 11.5. The van der Waals surface area contributed by atoms with Crippen molar-refractivity contribution in [3.05, 3.63) is 87.9 Å². The third kappa shape index (κ3) is 5.30. The van der Waals surface area contributed by atoms with Crippen LogP contribution in [0.2, 0.25) is 10.0 Å². The SMILES string of the molecule is C=CCCC(=O)N(Cc1ccc(Cl)cc1Cl)[C@@H]1C=C(C(=O)NCCO)[C@@H]2c3ccccc3O[C@@H]2[C@H]1O. The molecule has 0 aromatic heterocycles. The summed E-state index contributed by atoms with van der Waals surface area (Å²) in [6.07, 6.45) is 2.03. The van der Waals surface area contributed by atoms with Crippen molar-refractivity contribution in [2.45, 2.75) is 43.6 Å². The van der Waals surface area contributed by atoms with Gasteiger partial charge < -0.3 is 25.2 Å². The number of amides is 2. The van der Waals surface area contributed by atoms with Crippen LogP contribution in [-0.4, -0.2) is 58.3 Å². The Bertz CT molecular complexity index is 1180. The van der Waals surface area contributed by atoms with Crippen LogP contribution >= 0.6 is 23.2 Å². The summed E-state index contributed by atoms with van der Waals surface area (Å²) in [4.78, 5) is 28.1. The van der Waals surface area contributed by atoms with Crippen LogP contribution in [-0.2, 0) is 16.1 Å². The number of para-hydroxylation sites is 1. The highest BCUT2D eigenvalue weighted by molar-refractivity contribution is 6.35. The topological polar surface area (TPSA) is 99.1 Å². The van der Waals surface area contributed by atoms with Gasteiger partial charge in [0.15, 0.2) is 0 Å². The smallest absolute Gasteiger partial charge is 0.247 e. The van der Waals surface area contributed by atoms with Crippen molar-refractivity contribution in [1.29, 1.82) is 0 Å². The van der Waals surface area contributed by atoms with Crippen molar-refractivity contribution in [2.24, 2.45) is 0 Å². The number of hydrogen-bond acceptors (Lipinski definition) is 5. The van der Waals surface area contributed by atoms with E-state index in [4.69, 9.17) is 27.9 Å². The van der Waals surface area contributed by atoms with E-state index in [0.717, 1.165) is 5.56 Å². The second-order valence-corrected chi connectivity index (χ2v) is 9.61. The second kappa shape index (κ2) is 11.5. The number of halogens is 2. The molecule has 0 radical (unpaired) electrons. The number of rotatable bonds is 9. The van der Waals surface area contributed by atoms with E-state index in [1.807, 2.05) is 18.2 Å². The van der Waals surface area contributed by atoms with Crippen molar-refractivity contribution in [3.8, 4) is 5.75 Å². The highest BCUT2D eigenvalue weighted by Crippen LogP contribution is 2.47. The molecule has 190 valence electrons. The maximum absolute atomic E-state index is 13.4. The highest BCUT2D eigenvalue weighted by atomic mass is 35.5. The molecule has 2 aromatic rings. The van der Waals surface area contributed by atoms with Gasteiger partial charge in [-0.15, -0.1) is 6.58 Å². The third-order valence-corrected chi connectivity index (χ3v) is 7.06. The Morgan fingerprint density at radius 1 is 1.19 bits per heavy atom. The van der Waals surface area contributed by atoms with E-state index in [2.05, 4.69) is 11.9 Å². The maximum Gasteiger partial charge on any atom is 0.247 e. The summed E-state index contributed by atoms with van der Waals surface area (Å²) in [5.41, 5.74) is 1.81. The summed E-state index contributed by atoms with van der Waals surface area (Å²) in [5, 5.41) is 24.3. The zero-order valence-corrected chi connectivity index (χ0v) is 21.1. The van der Waals surface area contributed by atoms with Gasteiger partial charge in [-0.05, 0) is 36.3 Å². The molecule has 0 bridgehead atoms. The molecule has 1 aliphatic carbocycles. The number of aliphatic hydroxyl groups is 2. The van der Waals surface area contributed by atoms with E-state index in [1.165, 1.54) is 4.90 Å². The highest BCUT2D eigenvalue weighted by Gasteiger charge is 2.50. The molecule has 0 fully saturated rings. The average molecular weight is 531 g/mol. The van der Waals surface area contributed by atoms with Gasteiger partial charge in [-0.1, -0.05) is 53.5 Å². The lowest BCUT2D eigenvalue weighted by atomic mass is 9.77. The molecule has 4 atom stereocenters. The molecule has 3 N–H and O–H groups in total. The van der Waals surface area contributed by atoms with Gasteiger partial charge in [-0.2, -0.15) is 0 Å². The average Bonchev–Trinajstić information content (AvgIpc) is 3.26. The van der Waals surface area contributed by atoms with E-state index in [-0.39, 0.29) is 37.9 Å². The molecule has 2 amide bonds. The molecule has 2 aliphatic rings. The Morgan fingerprint density at radius 2 is 1.97 bits per heavy atom. The Hall–Kier alpha value is -2.84. The number of ether oxygens (including phenoxy) is 1. The van der Waals surface area contributed by atoms with Crippen LogP contribution < -0.4 is 10.1 Å². The van der Waals surface area contributed by atoms with Crippen molar-refractivity contribution >= 4 is 35.0 Å². The molecule has 7 nitrogen and oxygen atoms in total. The van der Waals surface area contributed by atoms with Crippen LogP contribution in [0.15, 0.2) is 66.8 Å². The lowest BCUT2D eigenvalue weighted by molar-refractivity contribution is -0.138. The zero-order valence-electron chi connectivity index (χ0n) is 19.6. The van der Waals surface area contributed by atoms with E-state index < -0.39 is 24.2 Å². The monoisotopic (exact) mass is 530 g/mol. The molecule has 4 rings (SSSR count). The van der Waals surface area contributed by atoms with Gasteiger partial charge >= 0.3 is 0 Å². The number of carbonyl (C=O) groups is 2. The first kappa shape index (κ1) is 26.2. The summed E-state index contributed by atoms with van der Waals surface area (Å²) in [5.74, 6) is -0.557. The molecule has 2 aromatic carbocycles. The normalized spacial score (nSPS) is 22.1. The number of fused-ring (bicyclic) bond motifs is 3. The second-order valence-electron chi connectivity index (χ2n) is 8.77. The number of allylic oxidation sites excluding steroid dienone is 1. The zero-order chi connectivity index (χ0) is 25.8. The molecular formula is C27H28Cl2N2O5. The lowest BCUT2D eigenvalue weighted by Gasteiger charge is -2.41. The van der Waals surface area contributed by atoms with Gasteiger partial charge in [-0.25, -0.2) is 0 Å². The van der Waals surface area contributed by atoms with Gasteiger partial charge in [-0.3, -0.25) is 9.59 Å². The molecule has 0 saturated heterocycles. The Balaban J connectivity index is 1.76. The summed E-state index contributed by atoms with van der Waals surface area (Å²) >= 11 is 12.5. The molecule has 9 heteroatoms. The molecule has 36 heavy (non-hydrogen) atoms. The minimum atomic E-state index is -1.12. The van der Waals surface area contributed by atoms with Crippen molar-refractivity contribution < 1.29 is 24.5 Å². The van der Waals surface area contributed by atoms with Crippen molar-refractivity contribution in [3.63, 3.8) is 0 Å². The van der Waals surface area contributed by atoms with Gasteiger partial charge in [0.2, 0.25) is 11.8 Å². The first-order valence-electron chi connectivity index (χ1n) is 11.7. The Morgan fingerprint density at radius 3 is 2.69 bits per heavy atom. The van der Waals surface area contributed by atoms with E-state index >= 15 is 0 Å². The van der Waals surface area contributed by atoms with Gasteiger partial charge in [0, 0.05) is 40.7 Å². The molecule has 0 spiro atoms. The van der Waals surface area contributed by atoms with Gasteiger partial charge in [0.05, 0.1) is 18.6 Å². The van der Waals surface area contributed by atoms with Crippen LogP contribution in [0.3, 0.4) is 0 Å². The fraction of sp³-hybridized carbons (Fsp3) is 0.333. The third-order valence-electron chi connectivity index (χ3n) is 6.48. The number of hydrogen-bond donors (Lipinski definition) is 3. The molecular weight excluding hydrogens is 503 g/mol. The number of aliphatic hydroxyl groups excluding tert-OH is 2. The van der Waals surface area contributed by atoms with Gasteiger partial charge in [0.25, 0.3) is 0 Å². The van der Waals surface area contributed by atoms with E-state index in [0.29, 0.717) is 33.4 Å². The summed E-state index contributed by atoms with van der Waals surface area (Å²) < 4.78 is 6.12. The van der Waals surface area contributed by atoms with Crippen LogP contribution in [0.5, 0.6) is 5.75 Å². The minimum Gasteiger partial charge on any atom is -0.486 e. The Labute approximate surface area is 220 Å². The molecule has 1 aliphatic heterocycles. The maximum atomic E-state index is 13.4. The van der Waals surface area contributed by atoms with E-state index in [1.54, 1.807) is 36.4 Å². The van der Waals surface area contributed by atoms with Crippen LogP contribution in [0, 0.1) is 0 Å². The predicted octanol–water partition coefficient (Wildman–Crippen LogP) is 3.61. The standard InChI is InChI=1S/C27H28Cl2N2O5/c1-2-3-8-23(33)31(15-16-9-10-17(28)13-20(16)29)21-14-19(27(35)30-11-12-32)24-18-6-4-5-7-22(18)36-26(24)25(21)34/h2,4-7,9-10,13-14,21,24-26,32,34H,1,3,8,11-12,15H2,(H,30,35)/t21-,24+,25+,26+/m1/s1. The van der Waals surface area contributed by atoms with Crippen molar-refractivity contribution in [2.75, 3.05) is 13.2 Å². The van der Waals surface area contributed by atoms with Crippen LogP contribution in [0.1, 0.15) is 29.9 Å². The van der Waals surface area contributed by atoms with Crippen LogP contribution in [0.4, 0.5) is 0 Å². The number of carbonyl (C=O) groups excluding carboxylic acids is 2. The quantitative estimate of drug-likeness (QED) is 0.430. The van der Waals surface area contributed by atoms with Crippen LogP contribution in [0.25, 0.3) is 0 Å². The molecule has 1 heterocycles. The molecule has 0 saturated carbocycles. The fourth-order valence-corrected chi connectivity index (χ4v) is 5.22.